The van der Waals surface area contributed by atoms with Crippen LogP contribution in [0, 0.1) is 15.5 Å². The molecule has 66 heavy (non-hydrogen) atoms. The number of allylic oxidation sites excluding steroid dienone is 1. The summed E-state index contributed by atoms with van der Waals surface area (Å²) in [5, 5.41) is 17.0. The van der Waals surface area contributed by atoms with Crippen molar-refractivity contribution in [1.82, 2.24) is 24.6 Å². The molecule has 0 saturated carbocycles. The lowest BCUT2D eigenvalue weighted by molar-refractivity contribution is -0.384. The highest BCUT2D eigenvalue weighted by atomic mass is 35.5. The van der Waals surface area contributed by atoms with E-state index in [0.717, 1.165) is 67.1 Å². The van der Waals surface area contributed by atoms with Crippen molar-refractivity contribution in [3.8, 4) is 23.0 Å². The van der Waals surface area contributed by atoms with Crippen molar-refractivity contribution in [2.24, 2.45) is 5.41 Å². The predicted molar refractivity (Wildman–Crippen MR) is 252 cm³/mol. The molecule has 6 aromatic rings. The van der Waals surface area contributed by atoms with Crippen molar-refractivity contribution in [2.45, 2.75) is 50.5 Å². The summed E-state index contributed by atoms with van der Waals surface area (Å²) in [5.74, 6) is -0.0218. The minimum Gasteiger partial charge on any atom is -0.495 e. The number of nitro groups is 1. The number of anilines is 2. The summed E-state index contributed by atoms with van der Waals surface area (Å²) in [6.07, 6.45) is 8.37. The number of hydrogen-bond acceptors (Lipinski definition) is 13. The molecule has 1 atom stereocenters. The van der Waals surface area contributed by atoms with Crippen molar-refractivity contribution >= 4 is 61.2 Å². The van der Waals surface area contributed by atoms with Gasteiger partial charge in [0.05, 0.1) is 40.9 Å². The average molecular weight is 933 g/mol. The van der Waals surface area contributed by atoms with E-state index in [0.29, 0.717) is 42.4 Å². The molecule has 3 aromatic heterocycles. The molecule has 18 heteroatoms. The zero-order valence-corrected chi connectivity index (χ0v) is 38.2. The lowest BCUT2D eigenvalue weighted by Crippen LogP contribution is -2.47. The van der Waals surface area contributed by atoms with Crippen LogP contribution in [-0.2, 0) is 16.4 Å². The molecule has 342 valence electrons. The number of carbonyl (C=O) groups is 1. The SMILES string of the molecule is COc1ccc(C[C@@H]2COc3cc(S(=O)(=O)NC(=O)c4ccc(N5CCN(CC6=C(c7ccc(Cl)cc7)CC(C)(C)CC6)CC5)cc4Oc4cnc5[nH]ccc5c4)cc([N+](=O)[O-])c3N2)nc1. The summed E-state index contributed by atoms with van der Waals surface area (Å²) in [5.41, 5.74) is 5.84. The van der Waals surface area contributed by atoms with Gasteiger partial charge in [0.15, 0.2) is 11.4 Å². The van der Waals surface area contributed by atoms with Gasteiger partial charge in [0.2, 0.25) is 0 Å². The number of H-pyrrole nitrogens is 1. The molecule has 2 aliphatic heterocycles. The zero-order valence-electron chi connectivity index (χ0n) is 36.7. The monoisotopic (exact) mass is 932 g/mol. The van der Waals surface area contributed by atoms with Crippen LogP contribution in [-0.4, -0.2) is 91.6 Å². The molecule has 3 aliphatic rings. The summed E-state index contributed by atoms with van der Waals surface area (Å²) >= 11 is 6.25. The van der Waals surface area contributed by atoms with E-state index >= 15 is 0 Å². The standard InChI is InChI=1S/C48H49ClN8O8S/c1-48(2)14-12-32(41(25-48)30-4-6-33(49)7-5-30)28-55-16-18-56(19-17-55)36-9-11-40(43(22-36)65-38-20-31-13-15-50-46(31)52-27-38)47(58)54-66(61,62)39-23-42(57(59)60)45-44(24-39)64-29-35(53-45)21-34-8-10-37(63-3)26-51-34/h4-11,13,15,20,22-24,26-27,35,53H,12,14,16-19,21,25,28-29H2,1-3H3,(H,50,52)(H,54,58)/t35-/m1/s1. The molecule has 0 radical (unpaired) electrons. The van der Waals surface area contributed by atoms with Crippen LogP contribution < -0.4 is 29.1 Å². The van der Waals surface area contributed by atoms with Crippen LogP contribution in [0.2, 0.25) is 5.02 Å². The van der Waals surface area contributed by atoms with Gasteiger partial charge >= 0.3 is 0 Å². The molecule has 1 amide bonds. The minimum atomic E-state index is -4.69. The van der Waals surface area contributed by atoms with Gasteiger partial charge in [-0.25, -0.2) is 18.1 Å². The molecule has 3 aromatic carbocycles. The van der Waals surface area contributed by atoms with E-state index in [1.807, 2.05) is 18.2 Å². The maximum Gasteiger partial charge on any atom is 0.297 e. The van der Waals surface area contributed by atoms with Crippen LogP contribution in [0.1, 0.15) is 54.7 Å². The van der Waals surface area contributed by atoms with Crippen LogP contribution in [0.3, 0.4) is 0 Å². The molecular formula is C48H49ClN8O8S. The highest BCUT2D eigenvalue weighted by molar-refractivity contribution is 7.90. The van der Waals surface area contributed by atoms with Gasteiger partial charge in [0.25, 0.3) is 21.6 Å². The van der Waals surface area contributed by atoms with Gasteiger partial charge in [0.1, 0.15) is 29.5 Å². The van der Waals surface area contributed by atoms with E-state index < -0.39 is 37.5 Å². The third-order valence-corrected chi connectivity index (χ3v) is 14.0. The third kappa shape index (κ3) is 9.78. The Morgan fingerprint density at radius 1 is 1.00 bits per heavy atom. The second-order valence-electron chi connectivity index (χ2n) is 17.6. The summed E-state index contributed by atoms with van der Waals surface area (Å²) in [6.45, 7) is 8.62. The number of methoxy groups -OCH3 is 1. The van der Waals surface area contributed by atoms with Gasteiger partial charge in [-0.15, -0.1) is 0 Å². The molecule has 9 rings (SSSR count). The average Bonchev–Trinajstić information content (AvgIpc) is 3.78. The number of benzene rings is 3. The van der Waals surface area contributed by atoms with E-state index in [1.54, 1.807) is 42.7 Å². The van der Waals surface area contributed by atoms with Gasteiger partial charge in [0, 0.05) is 85.3 Å². The highest BCUT2D eigenvalue weighted by Crippen LogP contribution is 2.44. The van der Waals surface area contributed by atoms with E-state index in [4.69, 9.17) is 25.8 Å². The largest absolute Gasteiger partial charge is 0.495 e. The number of aromatic amines is 1. The first-order valence-corrected chi connectivity index (χ1v) is 23.5. The first-order chi connectivity index (χ1) is 31.7. The number of ether oxygens (including phenoxy) is 3. The second-order valence-corrected chi connectivity index (χ2v) is 19.7. The molecule has 1 fully saturated rings. The van der Waals surface area contributed by atoms with Gasteiger partial charge in [-0.05, 0) is 84.3 Å². The Hall–Kier alpha value is -6.69. The number of halogens is 1. The summed E-state index contributed by atoms with van der Waals surface area (Å²) < 4.78 is 47.4. The molecule has 5 heterocycles. The molecule has 1 saturated heterocycles. The number of nitrogens with one attached hydrogen (secondary N) is 3. The Morgan fingerprint density at radius 3 is 2.53 bits per heavy atom. The fourth-order valence-corrected chi connectivity index (χ4v) is 9.93. The smallest absolute Gasteiger partial charge is 0.297 e. The highest BCUT2D eigenvalue weighted by Gasteiger charge is 2.33. The molecule has 0 bridgehead atoms. The molecule has 0 spiro atoms. The van der Waals surface area contributed by atoms with Crippen molar-refractivity contribution in [1.29, 1.82) is 0 Å². The Kier molecular flexibility index (Phi) is 12.3. The van der Waals surface area contributed by atoms with Crippen LogP contribution in [0.5, 0.6) is 23.0 Å². The van der Waals surface area contributed by atoms with E-state index in [2.05, 4.69) is 60.8 Å². The van der Waals surface area contributed by atoms with Crippen molar-refractivity contribution < 1.29 is 32.3 Å². The van der Waals surface area contributed by atoms with Crippen molar-refractivity contribution in [3.05, 3.63) is 135 Å². The predicted octanol–water partition coefficient (Wildman–Crippen LogP) is 8.64. The van der Waals surface area contributed by atoms with Gasteiger partial charge < -0.3 is 29.4 Å². The molecule has 3 N–H and O–H groups in total. The number of nitrogens with zero attached hydrogens (tertiary/aromatic N) is 5. The number of amides is 1. The number of nitro benzene ring substituents is 1. The number of piperazine rings is 1. The van der Waals surface area contributed by atoms with Crippen molar-refractivity contribution in [2.75, 3.05) is 56.7 Å². The zero-order chi connectivity index (χ0) is 46.2. The number of carbonyl (C=O) groups excluding carboxylic acids is 1. The van der Waals surface area contributed by atoms with E-state index in [1.165, 1.54) is 36.1 Å². The maximum absolute atomic E-state index is 14.1. The minimum absolute atomic E-state index is 0.0213. The Morgan fingerprint density at radius 2 is 1.79 bits per heavy atom. The molecular weight excluding hydrogens is 884 g/mol. The Bertz CT molecular complexity index is 2950. The Balaban J connectivity index is 0.938. The molecule has 1 aliphatic carbocycles. The first kappa shape index (κ1) is 44.5. The summed E-state index contributed by atoms with van der Waals surface area (Å²) in [7, 11) is -3.15. The second kappa shape index (κ2) is 18.3. The number of sulfonamides is 1. The quantitative estimate of drug-likeness (QED) is 0.0737. The van der Waals surface area contributed by atoms with Crippen LogP contribution in [0.25, 0.3) is 16.6 Å². The number of pyridine rings is 2. The lowest BCUT2D eigenvalue weighted by atomic mass is 9.72. The first-order valence-electron chi connectivity index (χ1n) is 21.7. The fraction of sp³-hybridized carbons (Fsp3) is 0.312. The van der Waals surface area contributed by atoms with E-state index in [-0.39, 0.29) is 34.8 Å². The number of fused-ring (bicyclic) bond motifs is 2. The lowest BCUT2D eigenvalue weighted by Gasteiger charge is -2.39. The number of rotatable bonds is 13. The van der Waals surface area contributed by atoms with Gasteiger partial charge in [-0.1, -0.05) is 43.2 Å². The fourth-order valence-electron chi connectivity index (χ4n) is 8.80. The van der Waals surface area contributed by atoms with Crippen LogP contribution in [0.4, 0.5) is 17.1 Å². The van der Waals surface area contributed by atoms with Gasteiger partial charge in [-0.3, -0.25) is 24.8 Å². The Labute approximate surface area is 387 Å². The van der Waals surface area contributed by atoms with Gasteiger partial charge in [-0.2, -0.15) is 0 Å². The number of hydrogen-bond donors (Lipinski definition) is 3. The summed E-state index contributed by atoms with van der Waals surface area (Å²) in [6, 6.07) is 22.0. The van der Waals surface area contributed by atoms with Crippen LogP contribution >= 0.6 is 11.6 Å². The topological polar surface area (TPSA) is 194 Å². The molecule has 16 nitrogen and oxygen atoms in total. The van der Waals surface area contributed by atoms with E-state index in [9.17, 15) is 23.3 Å². The third-order valence-electron chi connectivity index (χ3n) is 12.4. The number of aromatic nitrogens is 3. The normalized spacial score (nSPS) is 17.4. The van der Waals surface area contributed by atoms with Crippen molar-refractivity contribution in [3.63, 3.8) is 0 Å². The molecule has 0 unspecified atom stereocenters. The maximum atomic E-state index is 14.1. The van der Waals surface area contributed by atoms with Crippen LogP contribution in [0.15, 0.2) is 108 Å². The summed E-state index contributed by atoms with van der Waals surface area (Å²) in [4.78, 5) is 41.7.